The van der Waals surface area contributed by atoms with Crippen LogP contribution in [0.15, 0.2) is 48.5 Å². The Morgan fingerprint density at radius 2 is 1.48 bits per heavy atom. The third-order valence-electron chi connectivity index (χ3n) is 5.67. The molecule has 2 saturated heterocycles. The number of hydrogen-bond donors (Lipinski definition) is 0. The molecule has 2 heterocycles. The van der Waals surface area contributed by atoms with Crippen LogP contribution in [0.5, 0.6) is 0 Å². The lowest BCUT2D eigenvalue weighted by molar-refractivity contribution is 0.0729. The van der Waals surface area contributed by atoms with Gasteiger partial charge < -0.3 is 14.5 Å². The molecule has 2 aromatic carbocycles. The zero-order valence-electron chi connectivity index (χ0n) is 17.2. The van der Waals surface area contributed by atoms with Gasteiger partial charge in [-0.05, 0) is 42.0 Å². The number of amides is 1. The Morgan fingerprint density at radius 1 is 0.871 bits per heavy atom. The van der Waals surface area contributed by atoms with Crippen LogP contribution in [0.25, 0.3) is 0 Å². The quantitative estimate of drug-likeness (QED) is 0.701. The van der Waals surface area contributed by atoms with E-state index in [-0.39, 0.29) is 17.5 Å². The van der Waals surface area contributed by atoms with Crippen molar-refractivity contribution in [3.63, 3.8) is 0 Å². The SMILES string of the molecule is O=C(c1ccc(CS(=O)(=O)N2CCOCC2)cc1)N1CCN(c2ccc(F)cc2)CC1. The summed E-state index contributed by atoms with van der Waals surface area (Å²) in [6.07, 6.45) is 0. The van der Waals surface area contributed by atoms with Gasteiger partial charge in [-0.15, -0.1) is 0 Å². The molecule has 2 aromatic rings. The zero-order chi connectivity index (χ0) is 21.8. The van der Waals surface area contributed by atoms with E-state index in [1.165, 1.54) is 16.4 Å². The third-order valence-corrected chi connectivity index (χ3v) is 7.52. The van der Waals surface area contributed by atoms with Crippen molar-refractivity contribution in [3.05, 3.63) is 65.5 Å². The molecule has 1 amide bonds. The minimum absolute atomic E-state index is 0.0682. The van der Waals surface area contributed by atoms with Gasteiger partial charge in [-0.3, -0.25) is 4.79 Å². The molecule has 0 aromatic heterocycles. The van der Waals surface area contributed by atoms with E-state index in [0.29, 0.717) is 63.6 Å². The van der Waals surface area contributed by atoms with Gasteiger partial charge in [0.05, 0.1) is 19.0 Å². The van der Waals surface area contributed by atoms with E-state index in [0.717, 1.165) is 5.69 Å². The summed E-state index contributed by atoms with van der Waals surface area (Å²) in [5.74, 6) is -0.419. The van der Waals surface area contributed by atoms with E-state index in [1.807, 2.05) is 0 Å². The van der Waals surface area contributed by atoms with Crippen LogP contribution in [0.4, 0.5) is 10.1 Å². The van der Waals surface area contributed by atoms with Gasteiger partial charge in [0.25, 0.3) is 5.91 Å². The molecule has 9 heteroatoms. The lowest BCUT2D eigenvalue weighted by Gasteiger charge is -2.36. The van der Waals surface area contributed by atoms with Crippen molar-refractivity contribution in [1.82, 2.24) is 9.21 Å². The minimum Gasteiger partial charge on any atom is -0.379 e. The largest absolute Gasteiger partial charge is 0.379 e. The highest BCUT2D eigenvalue weighted by molar-refractivity contribution is 7.88. The normalized spacial score (nSPS) is 18.2. The van der Waals surface area contributed by atoms with Gasteiger partial charge in [-0.25, -0.2) is 12.8 Å². The number of benzene rings is 2. The third kappa shape index (κ3) is 5.23. The first kappa shape index (κ1) is 21.7. The summed E-state index contributed by atoms with van der Waals surface area (Å²) in [6.45, 7) is 4.08. The summed E-state index contributed by atoms with van der Waals surface area (Å²) in [5, 5.41) is 0. The van der Waals surface area contributed by atoms with Crippen molar-refractivity contribution < 1.29 is 22.3 Å². The second-order valence-electron chi connectivity index (χ2n) is 7.72. The number of piperazine rings is 1. The highest BCUT2D eigenvalue weighted by Gasteiger charge is 2.25. The summed E-state index contributed by atoms with van der Waals surface area (Å²) in [4.78, 5) is 16.8. The second kappa shape index (κ2) is 9.33. The molecule has 2 aliphatic heterocycles. The topological polar surface area (TPSA) is 70.2 Å². The van der Waals surface area contributed by atoms with E-state index >= 15 is 0 Å². The van der Waals surface area contributed by atoms with Gasteiger partial charge in [0.1, 0.15) is 5.82 Å². The lowest BCUT2D eigenvalue weighted by atomic mass is 10.1. The number of rotatable bonds is 5. The van der Waals surface area contributed by atoms with Crippen molar-refractivity contribution in [1.29, 1.82) is 0 Å². The number of morpholine rings is 1. The molecular formula is C22H26FN3O4S. The Labute approximate surface area is 182 Å². The van der Waals surface area contributed by atoms with E-state index in [2.05, 4.69) is 4.90 Å². The Bertz CT molecular complexity index is 998. The summed E-state index contributed by atoms with van der Waals surface area (Å²) in [6, 6.07) is 13.2. The summed E-state index contributed by atoms with van der Waals surface area (Å²) in [5.41, 5.74) is 2.14. The van der Waals surface area contributed by atoms with Crippen LogP contribution in [-0.4, -0.2) is 76.0 Å². The lowest BCUT2D eigenvalue weighted by Crippen LogP contribution is -2.48. The molecule has 4 rings (SSSR count). The summed E-state index contributed by atoms with van der Waals surface area (Å²) >= 11 is 0. The molecule has 0 unspecified atom stereocenters. The molecule has 0 spiro atoms. The monoisotopic (exact) mass is 447 g/mol. The van der Waals surface area contributed by atoms with Crippen LogP contribution in [0.2, 0.25) is 0 Å². The molecule has 0 bridgehead atoms. The number of carbonyl (C=O) groups is 1. The van der Waals surface area contributed by atoms with Gasteiger partial charge in [0, 0.05) is 50.5 Å². The van der Waals surface area contributed by atoms with E-state index in [1.54, 1.807) is 41.3 Å². The molecule has 0 aliphatic carbocycles. The maximum Gasteiger partial charge on any atom is 0.253 e. The standard InChI is InChI=1S/C22H26FN3O4S/c23-20-5-7-21(8-6-20)24-9-11-25(12-10-24)22(27)19-3-1-18(2-4-19)17-31(28,29)26-13-15-30-16-14-26/h1-8H,9-17H2. The number of halogens is 1. The van der Waals surface area contributed by atoms with Gasteiger partial charge in [0.2, 0.25) is 10.0 Å². The predicted octanol–water partition coefficient (Wildman–Crippen LogP) is 1.95. The molecule has 2 fully saturated rings. The van der Waals surface area contributed by atoms with Crippen LogP contribution in [-0.2, 0) is 20.5 Å². The average molecular weight is 448 g/mol. The average Bonchev–Trinajstić information content (AvgIpc) is 2.80. The maximum atomic E-state index is 13.1. The first-order valence-corrected chi connectivity index (χ1v) is 12.0. The predicted molar refractivity (Wildman–Crippen MR) is 116 cm³/mol. The Kier molecular flexibility index (Phi) is 6.54. The van der Waals surface area contributed by atoms with Gasteiger partial charge in [-0.1, -0.05) is 12.1 Å². The fourth-order valence-corrected chi connectivity index (χ4v) is 5.37. The summed E-state index contributed by atoms with van der Waals surface area (Å²) < 4.78 is 44.9. The molecular weight excluding hydrogens is 421 g/mol. The number of carbonyl (C=O) groups excluding carboxylic acids is 1. The number of sulfonamides is 1. The molecule has 0 N–H and O–H groups in total. The molecule has 0 radical (unpaired) electrons. The highest BCUT2D eigenvalue weighted by Crippen LogP contribution is 2.19. The summed E-state index contributed by atoms with van der Waals surface area (Å²) in [7, 11) is -3.40. The molecule has 2 aliphatic rings. The van der Waals surface area contributed by atoms with Crippen molar-refractivity contribution in [2.24, 2.45) is 0 Å². The van der Waals surface area contributed by atoms with E-state index < -0.39 is 10.0 Å². The molecule has 7 nitrogen and oxygen atoms in total. The molecule has 0 atom stereocenters. The van der Waals surface area contributed by atoms with Crippen LogP contribution in [0.1, 0.15) is 15.9 Å². The van der Waals surface area contributed by atoms with Crippen LogP contribution in [0.3, 0.4) is 0 Å². The minimum atomic E-state index is -3.40. The Morgan fingerprint density at radius 3 is 2.10 bits per heavy atom. The molecule has 0 saturated carbocycles. The van der Waals surface area contributed by atoms with Crippen LogP contribution in [0, 0.1) is 5.82 Å². The highest BCUT2D eigenvalue weighted by atomic mass is 32.2. The number of ether oxygens (including phenoxy) is 1. The second-order valence-corrected chi connectivity index (χ2v) is 9.69. The van der Waals surface area contributed by atoms with Crippen molar-refractivity contribution in [2.45, 2.75) is 5.75 Å². The maximum absolute atomic E-state index is 13.1. The number of anilines is 1. The number of hydrogen-bond acceptors (Lipinski definition) is 5. The first-order chi connectivity index (χ1) is 14.9. The molecule has 166 valence electrons. The fraction of sp³-hybridized carbons (Fsp3) is 0.409. The smallest absolute Gasteiger partial charge is 0.253 e. The molecule has 31 heavy (non-hydrogen) atoms. The Balaban J connectivity index is 1.34. The van der Waals surface area contributed by atoms with Crippen molar-refractivity contribution in [3.8, 4) is 0 Å². The van der Waals surface area contributed by atoms with E-state index in [4.69, 9.17) is 4.74 Å². The first-order valence-electron chi connectivity index (χ1n) is 10.4. The van der Waals surface area contributed by atoms with Crippen LogP contribution < -0.4 is 4.90 Å². The van der Waals surface area contributed by atoms with Crippen molar-refractivity contribution >= 4 is 21.6 Å². The van der Waals surface area contributed by atoms with Crippen LogP contribution >= 0.6 is 0 Å². The van der Waals surface area contributed by atoms with Gasteiger partial charge >= 0.3 is 0 Å². The zero-order valence-corrected chi connectivity index (χ0v) is 18.1. The fourth-order valence-electron chi connectivity index (χ4n) is 3.87. The van der Waals surface area contributed by atoms with Gasteiger partial charge in [0.15, 0.2) is 0 Å². The number of nitrogens with zero attached hydrogens (tertiary/aromatic N) is 3. The van der Waals surface area contributed by atoms with E-state index in [9.17, 15) is 17.6 Å². The Hall–Kier alpha value is -2.49. The van der Waals surface area contributed by atoms with Crippen molar-refractivity contribution in [2.75, 3.05) is 57.4 Å². The van der Waals surface area contributed by atoms with Gasteiger partial charge in [-0.2, -0.15) is 4.31 Å².